The van der Waals surface area contributed by atoms with Gasteiger partial charge < -0.3 is 9.64 Å². The standard InChI is InChI=1S/C18H27NO2S/c1-21-17-9-7-15(8-10-17)5-6-16-4-3-12-19(14-16)18(20)11-13-22-2/h7-10,16H,3-6,11-14H2,1-2H3/t16-/m0/s1. The molecule has 0 N–H and O–H groups in total. The lowest BCUT2D eigenvalue weighted by molar-refractivity contribution is -0.132. The molecule has 0 saturated carbocycles. The van der Waals surface area contributed by atoms with Crippen LogP contribution in [-0.4, -0.2) is 43.0 Å². The normalized spacial score (nSPS) is 18.3. The summed E-state index contributed by atoms with van der Waals surface area (Å²) in [5.41, 5.74) is 1.35. The van der Waals surface area contributed by atoms with Crippen molar-refractivity contribution in [2.75, 3.05) is 32.2 Å². The van der Waals surface area contributed by atoms with Crippen LogP contribution in [0.5, 0.6) is 5.75 Å². The molecular weight excluding hydrogens is 294 g/mol. The number of methoxy groups -OCH3 is 1. The highest BCUT2D eigenvalue weighted by molar-refractivity contribution is 7.98. The second kappa shape index (κ2) is 9.09. The molecule has 1 aliphatic heterocycles. The summed E-state index contributed by atoms with van der Waals surface area (Å²) in [4.78, 5) is 14.2. The number of carbonyl (C=O) groups excluding carboxylic acids is 1. The lowest BCUT2D eigenvalue weighted by Gasteiger charge is -2.33. The SMILES string of the molecule is COc1ccc(CC[C@@H]2CCCN(C(=O)CCSC)C2)cc1. The van der Waals surface area contributed by atoms with E-state index in [-0.39, 0.29) is 0 Å². The van der Waals surface area contributed by atoms with Gasteiger partial charge >= 0.3 is 0 Å². The van der Waals surface area contributed by atoms with Gasteiger partial charge in [0.25, 0.3) is 0 Å². The highest BCUT2D eigenvalue weighted by Crippen LogP contribution is 2.23. The Morgan fingerprint density at radius 1 is 1.36 bits per heavy atom. The number of amides is 1. The number of nitrogens with zero attached hydrogens (tertiary/aromatic N) is 1. The molecule has 0 spiro atoms. The van der Waals surface area contributed by atoms with Crippen molar-refractivity contribution in [3.05, 3.63) is 29.8 Å². The highest BCUT2D eigenvalue weighted by Gasteiger charge is 2.22. The van der Waals surface area contributed by atoms with Gasteiger partial charge in [-0.15, -0.1) is 0 Å². The summed E-state index contributed by atoms with van der Waals surface area (Å²) in [7, 11) is 1.69. The van der Waals surface area contributed by atoms with Gasteiger partial charge in [0.15, 0.2) is 0 Å². The van der Waals surface area contributed by atoms with Gasteiger partial charge in [-0.2, -0.15) is 11.8 Å². The van der Waals surface area contributed by atoms with Crippen LogP contribution in [0.3, 0.4) is 0 Å². The van der Waals surface area contributed by atoms with Crippen molar-refractivity contribution < 1.29 is 9.53 Å². The molecule has 22 heavy (non-hydrogen) atoms. The molecule has 1 fully saturated rings. The van der Waals surface area contributed by atoms with Crippen molar-refractivity contribution in [1.82, 2.24) is 4.90 Å². The minimum Gasteiger partial charge on any atom is -0.497 e. The van der Waals surface area contributed by atoms with E-state index in [1.54, 1.807) is 18.9 Å². The average Bonchev–Trinajstić information content (AvgIpc) is 2.58. The Morgan fingerprint density at radius 2 is 2.14 bits per heavy atom. The summed E-state index contributed by atoms with van der Waals surface area (Å²) >= 11 is 1.75. The summed E-state index contributed by atoms with van der Waals surface area (Å²) in [6.45, 7) is 1.90. The van der Waals surface area contributed by atoms with E-state index in [1.165, 1.54) is 18.4 Å². The highest BCUT2D eigenvalue weighted by atomic mass is 32.2. The van der Waals surface area contributed by atoms with Crippen LogP contribution in [0.2, 0.25) is 0 Å². The van der Waals surface area contributed by atoms with Gasteiger partial charge in [-0.3, -0.25) is 4.79 Å². The number of aryl methyl sites for hydroxylation is 1. The fourth-order valence-electron chi connectivity index (χ4n) is 3.04. The maximum atomic E-state index is 12.1. The molecule has 4 heteroatoms. The summed E-state index contributed by atoms with van der Waals surface area (Å²) in [5, 5.41) is 0. The zero-order valence-corrected chi connectivity index (χ0v) is 14.5. The van der Waals surface area contributed by atoms with E-state index in [1.807, 2.05) is 12.1 Å². The molecule has 0 unspecified atom stereocenters. The van der Waals surface area contributed by atoms with Crippen LogP contribution in [-0.2, 0) is 11.2 Å². The van der Waals surface area contributed by atoms with Crippen molar-refractivity contribution in [3.8, 4) is 5.75 Å². The summed E-state index contributed by atoms with van der Waals surface area (Å²) in [5.74, 6) is 2.83. The number of thioether (sulfide) groups is 1. The van der Waals surface area contributed by atoms with Crippen LogP contribution in [0.1, 0.15) is 31.2 Å². The van der Waals surface area contributed by atoms with Gasteiger partial charge in [-0.25, -0.2) is 0 Å². The molecule has 2 rings (SSSR count). The molecule has 0 radical (unpaired) electrons. The van der Waals surface area contributed by atoms with Gasteiger partial charge in [0.2, 0.25) is 5.91 Å². The Labute approximate surface area is 138 Å². The molecule has 0 bridgehead atoms. The second-order valence-corrected chi connectivity index (χ2v) is 6.96. The third-order valence-corrected chi connectivity index (χ3v) is 5.00. The number of likely N-dealkylation sites (tertiary alicyclic amines) is 1. The van der Waals surface area contributed by atoms with E-state index in [0.717, 1.165) is 37.4 Å². The zero-order chi connectivity index (χ0) is 15.8. The lowest BCUT2D eigenvalue weighted by Crippen LogP contribution is -2.40. The number of piperidine rings is 1. The second-order valence-electron chi connectivity index (χ2n) is 5.98. The fourth-order valence-corrected chi connectivity index (χ4v) is 3.42. The predicted molar refractivity (Wildman–Crippen MR) is 93.6 cm³/mol. The first-order chi connectivity index (χ1) is 10.7. The third-order valence-electron chi connectivity index (χ3n) is 4.39. The fraction of sp³-hybridized carbons (Fsp3) is 0.611. The quantitative estimate of drug-likeness (QED) is 0.768. The van der Waals surface area contributed by atoms with Crippen LogP contribution in [0.4, 0.5) is 0 Å². The number of rotatable bonds is 7. The number of hydrogen-bond donors (Lipinski definition) is 0. The predicted octanol–water partition coefficient (Wildman–Crippen LogP) is 3.62. The third kappa shape index (κ3) is 5.24. The molecule has 1 amide bonds. The molecule has 122 valence electrons. The monoisotopic (exact) mass is 321 g/mol. The molecule has 1 atom stereocenters. The largest absolute Gasteiger partial charge is 0.497 e. The maximum Gasteiger partial charge on any atom is 0.223 e. The Kier molecular flexibility index (Phi) is 7.10. The van der Waals surface area contributed by atoms with Crippen LogP contribution in [0.15, 0.2) is 24.3 Å². The van der Waals surface area contributed by atoms with E-state index in [9.17, 15) is 4.79 Å². The summed E-state index contributed by atoms with van der Waals surface area (Å²) < 4.78 is 5.19. The molecule has 1 heterocycles. The Balaban J connectivity index is 1.78. The van der Waals surface area contributed by atoms with E-state index >= 15 is 0 Å². The molecule has 0 aliphatic carbocycles. The Morgan fingerprint density at radius 3 is 2.82 bits per heavy atom. The van der Waals surface area contributed by atoms with Gasteiger partial charge in [0, 0.05) is 25.3 Å². The number of hydrogen-bond acceptors (Lipinski definition) is 3. The van der Waals surface area contributed by atoms with Gasteiger partial charge in [-0.05, 0) is 55.6 Å². The van der Waals surface area contributed by atoms with Crippen molar-refractivity contribution >= 4 is 17.7 Å². The minimum absolute atomic E-state index is 0.337. The van der Waals surface area contributed by atoms with Crippen LogP contribution < -0.4 is 4.74 Å². The molecular formula is C18H27NO2S. The number of carbonyl (C=O) groups is 1. The van der Waals surface area contributed by atoms with Gasteiger partial charge in [-0.1, -0.05) is 12.1 Å². The summed E-state index contributed by atoms with van der Waals surface area (Å²) in [6, 6.07) is 8.33. The first-order valence-electron chi connectivity index (χ1n) is 8.12. The van der Waals surface area contributed by atoms with E-state index < -0.39 is 0 Å². The van der Waals surface area contributed by atoms with Crippen molar-refractivity contribution in [1.29, 1.82) is 0 Å². The maximum absolute atomic E-state index is 12.1. The molecule has 0 aromatic heterocycles. The molecule has 1 aliphatic rings. The number of ether oxygens (including phenoxy) is 1. The van der Waals surface area contributed by atoms with E-state index in [0.29, 0.717) is 18.2 Å². The molecule has 1 aromatic carbocycles. The van der Waals surface area contributed by atoms with E-state index in [2.05, 4.69) is 23.3 Å². The molecule has 3 nitrogen and oxygen atoms in total. The van der Waals surface area contributed by atoms with Crippen molar-refractivity contribution in [2.24, 2.45) is 5.92 Å². The van der Waals surface area contributed by atoms with Crippen LogP contribution >= 0.6 is 11.8 Å². The summed E-state index contributed by atoms with van der Waals surface area (Å²) in [6.07, 6.45) is 7.40. The zero-order valence-electron chi connectivity index (χ0n) is 13.7. The lowest BCUT2D eigenvalue weighted by atomic mass is 9.91. The van der Waals surface area contributed by atoms with Gasteiger partial charge in [0.05, 0.1) is 7.11 Å². The smallest absolute Gasteiger partial charge is 0.223 e. The number of benzene rings is 1. The first kappa shape index (κ1) is 17.2. The molecule has 1 aromatic rings. The van der Waals surface area contributed by atoms with Crippen LogP contribution in [0.25, 0.3) is 0 Å². The first-order valence-corrected chi connectivity index (χ1v) is 9.52. The Bertz CT molecular complexity index is 461. The Hall–Kier alpha value is -1.16. The van der Waals surface area contributed by atoms with Gasteiger partial charge in [0.1, 0.15) is 5.75 Å². The average molecular weight is 321 g/mol. The van der Waals surface area contributed by atoms with Crippen LogP contribution in [0, 0.1) is 5.92 Å². The van der Waals surface area contributed by atoms with Crippen molar-refractivity contribution in [3.63, 3.8) is 0 Å². The topological polar surface area (TPSA) is 29.5 Å². The van der Waals surface area contributed by atoms with Crippen molar-refractivity contribution in [2.45, 2.75) is 32.1 Å². The minimum atomic E-state index is 0.337. The molecule has 1 saturated heterocycles. The van der Waals surface area contributed by atoms with E-state index in [4.69, 9.17) is 4.74 Å².